The van der Waals surface area contributed by atoms with Gasteiger partial charge in [0, 0.05) is 11.0 Å². The number of hydrogen-bond donors (Lipinski definition) is 2. The number of benzene rings is 1. The molecule has 0 bridgehead atoms. The summed E-state index contributed by atoms with van der Waals surface area (Å²) in [6.07, 6.45) is 0.0605. The van der Waals surface area contributed by atoms with E-state index >= 15 is 0 Å². The van der Waals surface area contributed by atoms with Crippen molar-refractivity contribution in [2.45, 2.75) is 24.8 Å². The molecule has 1 aromatic carbocycles. The number of rotatable bonds is 6. The minimum atomic E-state index is -3.93. The fourth-order valence-corrected chi connectivity index (χ4v) is 2.82. The second-order valence-electron chi connectivity index (χ2n) is 4.49. The van der Waals surface area contributed by atoms with Crippen molar-refractivity contribution >= 4 is 43.5 Å². The van der Waals surface area contributed by atoms with Crippen LogP contribution in [-0.2, 0) is 14.8 Å². The minimum absolute atomic E-state index is 0.0274. The number of nitrogens with two attached hydrogens (primary N) is 1. The zero-order valence-corrected chi connectivity index (χ0v) is 14.7. The van der Waals surface area contributed by atoms with Crippen molar-refractivity contribution in [2.75, 3.05) is 13.2 Å². The number of halogens is 2. The predicted molar refractivity (Wildman–Crippen MR) is 83.9 cm³/mol. The Morgan fingerprint density at radius 3 is 2.62 bits per heavy atom. The third-order valence-corrected chi connectivity index (χ3v) is 4.57. The Morgan fingerprint density at radius 1 is 1.48 bits per heavy atom. The molecule has 0 unspecified atom stereocenters. The van der Waals surface area contributed by atoms with E-state index in [0.29, 0.717) is 6.61 Å². The van der Waals surface area contributed by atoms with E-state index < -0.39 is 15.9 Å². The highest BCUT2D eigenvalue weighted by Crippen LogP contribution is 2.29. The molecule has 0 fully saturated rings. The van der Waals surface area contributed by atoms with Gasteiger partial charge in [0.15, 0.2) is 0 Å². The third kappa shape index (κ3) is 5.55. The fourth-order valence-electron chi connectivity index (χ4n) is 1.45. The van der Waals surface area contributed by atoms with Gasteiger partial charge in [-0.25, -0.2) is 13.6 Å². The summed E-state index contributed by atoms with van der Waals surface area (Å²) < 4.78 is 28.3. The molecular weight excluding hydrogens is 384 g/mol. The normalized spacial score (nSPS) is 11.7. The van der Waals surface area contributed by atoms with Crippen LogP contribution in [0.2, 0.25) is 5.02 Å². The molecule has 9 heteroatoms. The fraction of sp³-hybridized carbons (Fsp3) is 0.417. The number of nitrogens with one attached hydrogen (secondary N) is 1. The van der Waals surface area contributed by atoms with Crippen LogP contribution in [0.25, 0.3) is 0 Å². The number of primary sulfonamides is 1. The van der Waals surface area contributed by atoms with Crippen molar-refractivity contribution in [3.05, 3.63) is 27.2 Å². The largest absolute Gasteiger partial charge is 0.377 e. The first kappa shape index (κ1) is 18.4. The maximum Gasteiger partial charge on any atom is 0.252 e. The maximum absolute atomic E-state index is 12.0. The second kappa shape index (κ2) is 7.55. The minimum Gasteiger partial charge on any atom is -0.377 e. The summed E-state index contributed by atoms with van der Waals surface area (Å²) in [7, 11) is -3.93. The Labute approximate surface area is 137 Å². The Hall–Kier alpha value is -0.670. The van der Waals surface area contributed by atoms with Crippen molar-refractivity contribution < 1.29 is 17.9 Å². The van der Waals surface area contributed by atoms with E-state index in [2.05, 4.69) is 21.2 Å². The van der Waals surface area contributed by atoms with Crippen LogP contribution in [0.3, 0.4) is 0 Å². The van der Waals surface area contributed by atoms with Gasteiger partial charge in [-0.05, 0) is 41.9 Å². The molecule has 0 saturated carbocycles. The highest BCUT2D eigenvalue weighted by molar-refractivity contribution is 9.10. The Balaban J connectivity index is 2.91. The van der Waals surface area contributed by atoms with Crippen LogP contribution in [-0.4, -0.2) is 33.6 Å². The SMILES string of the molecule is CC(C)OCCNC(=O)c1cc(S(N)(=O)=O)cc(Br)c1Cl. The van der Waals surface area contributed by atoms with Crippen LogP contribution in [0.5, 0.6) is 0 Å². The lowest BCUT2D eigenvalue weighted by molar-refractivity contribution is 0.0746. The number of sulfonamides is 1. The number of ether oxygens (including phenoxy) is 1. The smallest absolute Gasteiger partial charge is 0.252 e. The topological polar surface area (TPSA) is 98.5 Å². The van der Waals surface area contributed by atoms with Gasteiger partial charge in [-0.3, -0.25) is 4.79 Å². The number of hydrogen-bond acceptors (Lipinski definition) is 4. The molecule has 0 spiro atoms. The van der Waals surface area contributed by atoms with Crippen LogP contribution >= 0.6 is 27.5 Å². The van der Waals surface area contributed by atoms with Crippen LogP contribution in [0.15, 0.2) is 21.5 Å². The van der Waals surface area contributed by atoms with Crippen molar-refractivity contribution in [1.82, 2.24) is 5.32 Å². The zero-order valence-electron chi connectivity index (χ0n) is 11.5. The first-order valence-corrected chi connectivity index (χ1v) is 8.76. The summed E-state index contributed by atoms with van der Waals surface area (Å²) in [5, 5.41) is 7.77. The summed E-state index contributed by atoms with van der Waals surface area (Å²) in [5.74, 6) is -0.501. The molecule has 1 rings (SSSR count). The van der Waals surface area contributed by atoms with Crippen LogP contribution in [0.4, 0.5) is 0 Å². The molecule has 0 aliphatic rings. The summed E-state index contributed by atoms with van der Waals surface area (Å²) in [4.78, 5) is 11.8. The van der Waals surface area contributed by atoms with Gasteiger partial charge in [-0.15, -0.1) is 0 Å². The quantitative estimate of drug-likeness (QED) is 0.714. The molecule has 3 N–H and O–H groups in total. The molecule has 0 aliphatic heterocycles. The van der Waals surface area contributed by atoms with E-state index in [1.54, 1.807) is 0 Å². The van der Waals surface area contributed by atoms with Crippen molar-refractivity contribution in [3.8, 4) is 0 Å². The Kier molecular flexibility index (Phi) is 6.61. The molecule has 1 amide bonds. The lowest BCUT2D eigenvalue weighted by atomic mass is 10.2. The van der Waals surface area contributed by atoms with Crippen LogP contribution in [0.1, 0.15) is 24.2 Å². The highest BCUT2D eigenvalue weighted by atomic mass is 79.9. The van der Waals surface area contributed by atoms with Crippen LogP contribution in [0, 0.1) is 0 Å². The molecule has 0 aliphatic carbocycles. The standard InChI is InChI=1S/C12H16BrClN2O4S/c1-7(2)20-4-3-16-12(17)9-5-8(21(15,18)19)6-10(13)11(9)14/h5-7H,3-4H2,1-2H3,(H,16,17)(H2,15,18,19). The van der Waals surface area contributed by atoms with Gasteiger partial charge in [-0.1, -0.05) is 11.6 Å². The van der Waals surface area contributed by atoms with Gasteiger partial charge in [0.25, 0.3) is 5.91 Å². The average Bonchev–Trinajstić information content (AvgIpc) is 2.35. The lowest BCUT2D eigenvalue weighted by Gasteiger charge is -2.11. The molecule has 0 atom stereocenters. The number of amides is 1. The Morgan fingerprint density at radius 2 is 2.10 bits per heavy atom. The van der Waals surface area contributed by atoms with Crippen molar-refractivity contribution in [1.29, 1.82) is 0 Å². The number of carbonyl (C=O) groups excluding carboxylic acids is 1. The molecule has 21 heavy (non-hydrogen) atoms. The molecule has 1 aromatic rings. The molecular formula is C12H16BrClN2O4S. The monoisotopic (exact) mass is 398 g/mol. The van der Waals surface area contributed by atoms with E-state index in [1.807, 2.05) is 13.8 Å². The zero-order chi connectivity index (χ0) is 16.2. The van der Waals surface area contributed by atoms with Gasteiger partial charge < -0.3 is 10.1 Å². The summed E-state index contributed by atoms with van der Waals surface area (Å²) in [5.41, 5.74) is 0.0274. The predicted octanol–water partition coefficient (Wildman–Crippen LogP) is 1.90. The molecule has 118 valence electrons. The number of carbonyl (C=O) groups is 1. The lowest BCUT2D eigenvalue weighted by Crippen LogP contribution is -2.28. The van der Waals surface area contributed by atoms with Gasteiger partial charge in [0.05, 0.1) is 28.2 Å². The van der Waals surface area contributed by atoms with E-state index in [9.17, 15) is 13.2 Å². The van der Waals surface area contributed by atoms with E-state index in [0.717, 1.165) is 6.07 Å². The average molecular weight is 400 g/mol. The summed E-state index contributed by atoms with van der Waals surface area (Å²) in [6.45, 7) is 4.39. The maximum atomic E-state index is 12.0. The van der Waals surface area contributed by atoms with Crippen LogP contribution < -0.4 is 10.5 Å². The summed E-state index contributed by atoms with van der Waals surface area (Å²) in [6, 6.07) is 2.39. The van der Waals surface area contributed by atoms with E-state index in [1.165, 1.54) is 6.07 Å². The van der Waals surface area contributed by atoms with Gasteiger partial charge in [0.1, 0.15) is 0 Å². The molecule has 0 aromatic heterocycles. The van der Waals surface area contributed by atoms with Crippen molar-refractivity contribution in [2.24, 2.45) is 5.14 Å². The molecule has 0 saturated heterocycles. The molecule has 0 radical (unpaired) electrons. The third-order valence-electron chi connectivity index (χ3n) is 2.41. The molecule has 6 nitrogen and oxygen atoms in total. The summed E-state index contributed by atoms with van der Waals surface area (Å²) >= 11 is 9.10. The second-order valence-corrected chi connectivity index (χ2v) is 7.28. The molecule has 0 heterocycles. The van der Waals surface area contributed by atoms with E-state index in [4.69, 9.17) is 21.5 Å². The highest BCUT2D eigenvalue weighted by Gasteiger charge is 2.18. The van der Waals surface area contributed by atoms with Gasteiger partial charge in [0.2, 0.25) is 10.0 Å². The first-order valence-electron chi connectivity index (χ1n) is 6.04. The van der Waals surface area contributed by atoms with Gasteiger partial charge in [-0.2, -0.15) is 0 Å². The van der Waals surface area contributed by atoms with E-state index in [-0.39, 0.29) is 32.6 Å². The first-order chi connectivity index (χ1) is 9.62. The Bertz CT molecular complexity index is 634. The van der Waals surface area contributed by atoms with Gasteiger partial charge >= 0.3 is 0 Å². The van der Waals surface area contributed by atoms with Crippen molar-refractivity contribution in [3.63, 3.8) is 0 Å².